The standard InChI is InChI=1S/C57H77N9O10/c1-6-12-40(47(68)53(73)60-35-20-21-35)61-52(72)46-37-18-11-16-34(37)29-65(46)56(76)48(57(3,4)5)64-51(71)45(31-13-8-7-9-14-31)63-49(69)42-28-58-41(27-59-42)33-15-10-17-36(30(2)25-33)32-19-22-38-39(26-32)55(75)66(54(38)74)43-23-24-44(67)62-50(43)70/h19,22,26-28,30-31,33-37,40,43,45-48,68H,6-18,20-21,23-25,29H2,1-5H3,(H,60,73)(H,61,72)(H,63,69)(H,64,71)(H,62,67,70)/t30?,33?,34-,36?,37-,40-,43?,45-,46-,47?,48+/m0/s1. The predicted molar refractivity (Wildman–Crippen MR) is 278 cm³/mol. The molecule has 19 heteroatoms. The van der Waals surface area contributed by atoms with Gasteiger partial charge in [-0.25, -0.2) is 4.98 Å². The minimum absolute atomic E-state index is 0.0292. The van der Waals surface area contributed by atoms with E-state index in [0.29, 0.717) is 32.2 Å². The fourth-order valence-corrected chi connectivity index (χ4v) is 13.3. The van der Waals surface area contributed by atoms with E-state index in [2.05, 4.69) is 38.5 Å². The number of likely N-dealkylation sites (tertiary alicyclic amines) is 1. The third kappa shape index (κ3) is 11.6. The van der Waals surface area contributed by atoms with Crippen LogP contribution in [0.5, 0.6) is 0 Å². The van der Waals surface area contributed by atoms with Crippen LogP contribution in [-0.4, -0.2) is 127 Å². The molecule has 410 valence electrons. The number of rotatable bonds is 16. The van der Waals surface area contributed by atoms with Crippen LogP contribution < -0.4 is 26.6 Å². The highest BCUT2D eigenvalue weighted by atomic mass is 16.3. The first kappa shape index (κ1) is 54.7. The molecule has 76 heavy (non-hydrogen) atoms. The van der Waals surface area contributed by atoms with Gasteiger partial charge < -0.3 is 31.3 Å². The van der Waals surface area contributed by atoms with Gasteiger partial charge in [-0.05, 0) is 123 Å². The highest BCUT2D eigenvalue weighted by Crippen LogP contribution is 2.45. The summed E-state index contributed by atoms with van der Waals surface area (Å²) in [6.07, 6.45) is 14.5. The number of hydrogen-bond donors (Lipinski definition) is 6. The van der Waals surface area contributed by atoms with Gasteiger partial charge in [0.25, 0.3) is 23.6 Å². The average molecular weight is 1050 g/mol. The maximum Gasteiger partial charge on any atom is 0.272 e. The molecule has 9 rings (SSSR count). The van der Waals surface area contributed by atoms with E-state index >= 15 is 4.79 Å². The molecule has 6 N–H and O–H groups in total. The topological polar surface area (TPSA) is 266 Å². The Morgan fingerprint density at radius 1 is 0.816 bits per heavy atom. The molecule has 1 aromatic carbocycles. The van der Waals surface area contributed by atoms with Crippen molar-refractivity contribution in [3.63, 3.8) is 0 Å². The first-order chi connectivity index (χ1) is 36.3. The number of fused-ring (bicyclic) bond motifs is 2. The Labute approximate surface area is 445 Å². The third-order valence-corrected chi connectivity index (χ3v) is 17.7. The molecule has 6 fully saturated rings. The maximum absolute atomic E-state index is 15.0. The Morgan fingerprint density at radius 2 is 1.55 bits per heavy atom. The minimum atomic E-state index is -1.44. The number of aromatic nitrogens is 2. The number of nitrogens with zero attached hydrogens (tertiary/aromatic N) is 4. The first-order valence-electron chi connectivity index (χ1n) is 28.2. The van der Waals surface area contributed by atoms with Crippen molar-refractivity contribution in [3.8, 4) is 0 Å². The number of carbonyl (C=O) groups is 9. The molecule has 9 amide bonds. The van der Waals surface area contributed by atoms with Crippen LogP contribution in [0.4, 0.5) is 0 Å². The van der Waals surface area contributed by atoms with E-state index in [-0.39, 0.29) is 77.1 Å². The summed E-state index contributed by atoms with van der Waals surface area (Å²) < 4.78 is 0. The second-order valence-electron chi connectivity index (χ2n) is 24.1. The Bertz CT molecular complexity index is 2590. The number of nitrogens with one attached hydrogen (secondary N) is 5. The molecule has 5 unspecified atom stereocenters. The SMILES string of the molecule is CCC[C@H](NC(=O)[C@@H]1[C@H]2CCC[C@H]2CN1C(=O)[C@@H](NC(=O)[C@@H](NC(=O)c1cnc(C2CCCC(c3ccc4c(c3)C(=O)N(C3CCC(=O)NC3=O)C4=O)C(C)C2)cn1)C1CCCCC1)C(C)(C)C)C(O)C(=O)NC1CC1. The molecule has 0 bridgehead atoms. The number of imide groups is 2. The van der Waals surface area contributed by atoms with Crippen molar-refractivity contribution in [1.29, 1.82) is 0 Å². The van der Waals surface area contributed by atoms with Gasteiger partial charge >= 0.3 is 0 Å². The van der Waals surface area contributed by atoms with E-state index in [1.807, 2.05) is 33.8 Å². The van der Waals surface area contributed by atoms with Crippen molar-refractivity contribution in [2.24, 2.45) is 29.1 Å². The number of benzene rings is 1. The summed E-state index contributed by atoms with van der Waals surface area (Å²) in [6.45, 7) is 10.0. The van der Waals surface area contributed by atoms with Gasteiger partial charge in [0.2, 0.25) is 29.5 Å². The van der Waals surface area contributed by atoms with Gasteiger partial charge in [0.1, 0.15) is 29.9 Å². The molecule has 2 aromatic rings. The molecular weight excluding hydrogens is 971 g/mol. The summed E-state index contributed by atoms with van der Waals surface area (Å²) >= 11 is 0. The number of aliphatic hydroxyl groups is 1. The lowest BCUT2D eigenvalue weighted by Gasteiger charge is -2.38. The Morgan fingerprint density at radius 3 is 2.24 bits per heavy atom. The van der Waals surface area contributed by atoms with Crippen LogP contribution in [-0.2, 0) is 28.8 Å². The zero-order chi connectivity index (χ0) is 54.2. The normalized spacial score (nSPS) is 27.6. The lowest BCUT2D eigenvalue weighted by atomic mass is 9.81. The van der Waals surface area contributed by atoms with Gasteiger partial charge in [-0.15, -0.1) is 0 Å². The number of aliphatic hydroxyl groups excluding tert-OH is 1. The number of hydrogen-bond acceptors (Lipinski definition) is 12. The van der Waals surface area contributed by atoms with Gasteiger partial charge in [-0.2, -0.15) is 0 Å². The molecule has 2 saturated heterocycles. The summed E-state index contributed by atoms with van der Waals surface area (Å²) in [5.74, 6) is -4.47. The lowest BCUT2D eigenvalue weighted by molar-refractivity contribution is -0.146. The van der Waals surface area contributed by atoms with Gasteiger partial charge in [0, 0.05) is 31.1 Å². The van der Waals surface area contributed by atoms with E-state index in [1.165, 1.54) is 6.20 Å². The molecule has 0 radical (unpaired) electrons. The largest absolute Gasteiger partial charge is 0.381 e. The Balaban J connectivity index is 0.859. The summed E-state index contributed by atoms with van der Waals surface area (Å²) in [4.78, 5) is 135. The second-order valence-corrected chi connectivity index (χ2v) is 24.1. The van der Waals surface area contributed by atoms with Crippen molar-refractivity contribution in [1.82, 2.24) is 46.4 Å². The summed E-state index contributed by atoms with van der Waals surface area (Å²) in [7, 11) is 0. The Kier molecular flexibility index (Phi) is 16.4. The fourth-order valence-electron chi connectivity index (χ4n) is 13.3. The zero-order valence-electron chi connectivity index (χ0n) is 44.7. The summed E-state index contributed by atoms with van der Waals surface area (Å²) in [5, 5.41) is 25.2. The third-order valence-electron chi connectivity index (χ3n) is 17.7. The molecular formula is C57H77N9O10. The number of carbonyl (C=O) groups excluding carboxylic acids is 9. The highest BCUT2D eigenvalue weighted by molar-refractivity contribution is 6.23. The van der Waals surface area contributed by atoms with Crippen molar-refractivity contribution in [2.45, 2.75) is 204 Å². The van der Waals surface area contributed by atoms with Crippen molar-refractivity contribution >= 4 is 53.2 Å². The average Bonchev–Trinajstić information content (AvgIpc) is 4.05. The van der Waals surface area contributed by atoms with Gasteiger partial charge in [-0.3, -0.25) is 58.4 Å². The summed E-state index contributed by atoms with van der Waals surface area (Å²) in [5.41, 5.74) is 1.43. The molecule has 4 aliphatic carbocycles. The van der Waals surface area contributed by atoms with E-state index in [0.717, 1.165) is 93.2 Å². The second kappa shape index (κ2) is 22.8. The Hall–Kier alpha value is -6.11. The predicted octanol–water partition coefficient (Wildman–Crippen LogP) is 4.72. The van der Waals surface area contributed by atoms with Crippen molar-refractivity contribution < 1.29 is 48.3 Å². The van der Waals surface area contributed by atoms with Gasteiger partial charge in [0.05, 0.1) is 29.1 Å². The molecule has 7 aliphatic rings. The van der Waals surface area contributed by atoms with Crippen LogP contribution in [0.2, 0.25) is 0 Å². The molecule has 3 aliphatic heterocycles. The van der Waals surface area contributed by atoms with E-state index < -0.39 is 89.0 Å². The van der Waals surface area contributed by atoms with Crippen LogP contribution in [0.3, 0.4) is 0 Å². The summed E-state index contributed by atoms with van der Waals surface area (Å²) in [6, 6.07) is 0.635. The van der Waals surface area contributed by atoms with E-state index in [4.69, 9.17) is 4.98 Å². The monoisotopic (exact) mass is 1050 g/mol. The molecule has 4 heterocycles. The zero-order valence-corrected chi connectivity index (χ0v) is 44.7. The minimum Gasteiger partial charge on any atom is -0.381 e. The maximum atomic E-state index is 15.0. The smallest absolute Gasteiger partial charge is 0.272 e. The molecule has 4 saturated carbocycles. The van der Waals surface area contributed by atoms with E-state index in [1.54, 1.807) is 23.2 Å². The lowest BCUT2D eigenvalue weighted by Crippen LogP contribution is -2.62. The number of amides is 9. The van der Waals surface area contributed by atoms with Crippen LogP contribution >= 0.6 is 0 Å². The van der Waals surface area contributed by atoms with Crippen LogP contribution in [0, 0.1) is 29.1 Å². The van der Waals surface area contributed by atoms with Crippen LogP contribution in [0.25, 0.3) is 0 Å². The van der Waals surface area contributed by atoms with Crippen molar-refractivity contribution in [2.75, 3.05) is 6.54 Å². The van der Waals surface area contributed by atoms with Crippen LogP contribution in [0.1, 0.15) is 204 Å². The highest BCUT2D eigenvalue weighted by Gasteiger charge is 2.53. The quantitative estimate of drug-likeness (QED) is 0.0986. The molecule has 1 aromatic heterocycles. The van der Waals surface area contributed by atoms with Crippen molar-refractivity contribution in [3.05, 3.63) is 58.7 Å². The number of piperidine rings is 1. The van der Waals surface area contributed by atoms with Gasteiger partial charge in [0.15, 0.2) is 6.10 Å². The van der Waals surface area contributed by atoms with E-state index in [9.17, 15) is 43.5 Å². The fraction of sp³-hybridized carbons (Fsp3) is 0.667. The molecule has 11 atom stereocenters. The molecule has 19 nitrogen and oxygen atoms in total. The van der Waals surface area contributed by atoms with Gasteiger partial charge in [-0.1, -0.05) is 79.2 Å². The molecule has 0 spiro atoms. The van der Waals surface area contributed by atoms with Crippen LogP contribution in [0.15, 0.2) is 30.6 Å². The first-order valence-corrected chi connectivity index (χ1v) is 28.2.